The van der Waals surface area contributed by atoms with E-state index in [9.17, 15) is 9.59 Å². The highest BCUT2D eigenvalue weighted by Crippen LogP contribution is 2.26. The van der Waals surface area contributed by atoms with Crippen LogP contribution in [0.15, 0.2) is 18.2 Å². The van der Waals surface area contributed by atoms with Crippen molar-refractivity contribution in [1.82, 2.24) is 5.32 Å². The van der Waals surface area contributed by atoms with Crippen molar-refractivity contribution in [3.05, 3.63) is 29.3 Å². The third-order valence-corrected chi connectivity index (χ3v) is 4.50. The van der Waals surface area contributed by atoms with Crippen LogP contribution in [0, 0.1) is 12.8 Å². The molecule has 0 radical (unpaired) electrons. The lowest BCUT2D eigenvalue weighted by atomic mass is 9.83. The number of rotatable bonds is 4. The number of benzene rings is 1. The fourth-order valence-electron chi connectivity index (χ4n) is 3.08. The van der Waals surface area contributed by atoms with Crippen LogP contribution in [0.3, 0.4) is 0 Å². The molecule has 1 aromatic rings. The molecule has 0 heterocycles. The highest BCUT2D eigenvalue weighted by molar-refractivity contribution is 5.99. The molecular weight excluding hydrogens is 314 g/mol. The summed E-state index contributed by atoms with van der Waals surface area (Å²) in [6.07, 6.45) is 4.78. The molecule has 1 aliphatic rings. The van der Waals surface area contributed by atoms with E-state index < -0.39 is 0 Å². The second-order valence-corrected chi connectivity index (χ2v) is 6.02. The van der Waals surface area contributed by atoms with Crippen molar-refractivity contribution < 1.29 is 9.59 Å². The number of carbonyl (C=O) groups excluding carboxylic acids is 2. The first-order valence-electron chi connectivity index (χ1n) is 7.90. The van der Waals surface area contributed by atoms with Gasteiger partial charge in [-0.3, -0.25) is 9.59 Å². The second kappa shape index (κ2) is 8.89. The quantitative estimate of drug-likeness (QED) is 0.788. The van der Waals surface area contributed by atoms with Crippen LogP contribution < -0.4 is 16.4 Å². The van der Waals surface area contributed by atoms with E-state index in [4.69, 9.17) is 5.73 Å². The largest absolute Gasteiger partial charge is 0.355 e. The summed E-state index contributed by atoms with van der Waals surface area (Å²) in [7, 11) is 1.59. The monoisotopic (exact) mass is 339 g/mol. The fourth-order valence-corrected chi connectivity index (χ4v) is 3.08. The van der Waals surface area contributed by atoms with E-state index in [2.05, 4.69) is 10.6 Å². The summed E-state index contributed by atoms with van der Waals surface area (Å²) in [5.74, 6) is 0.0820. The summed E-state index contributed by atoms with van der Waals surface area (Å²) in [5, 5.41) is 5.53. The van der Waals surface area contributed by atoms with Crippen LogP contribution in [-0.4, -0.2) is 24.9 Å². The number of nitrogens with two attached hydrogens (primary N) is 1. The Hall–Kier alpha value is -1.59. The lowest BCUT2D eigenvalue weighted by molar-refractivity contribution is -0.117. The van der Waals surface area contributed by atoms with Gasteiger partial charge in [-0.25, -0.2) is 0 Å². The fraction of sp³-hybridized carbons (Fsp3) is 0.529. The number of nitrogens with one attached hydrogen (secondary N) is 2. The van der Waals surface area contributed by atoms with Gasteiger partial charge < -0.3 is 16.4 Å². The summed E-state index contributed by atoms with van der Waals surface area (Å²) in [5.41, 5.74) is 8.15. The number of amides is 2. The summed E-state index contributed by atoms with van der Waals surface area (Å²) < 4.78 is 0. The summed E-state index contributed by atoms with van der Waals surface area (Å²) in [4.78, 5) is 24.1. The molecule has 23 heavy (non-hydrogen) atoms. The Balaban J connectivity index is 0.00000264. The molecule has 2 unspecified atom stereocenters. The SMILES string of the molecule is CNC(=O)c1cccc(NC(=O)CC2CCCCC2N)c1C.Cl. The minimum Gasteiger partial charge on any atom is -0.355 e. The van der Waals surface area contributed by atoms with Crippen molar-refractivity contribution in [1.29, 1.82) is 0 Å². The molecule has 2 rings (SSSR count). The van der Waals surface area contributed by atoms with Crippen molar-refractivity contribution in [2.75, 3.05) is 12.4 Å². The number of halogens is 1. The Morgan fingerprint density at radius 1 is 1.26 bits per heavy atom. The normalized spacial score (nSPS) is 20.3. The van der Waals surface area contributed by atoms with E-state index >= 15 is 0 Å². The Kier molecular flexibility index (Phi) is 7.52. The molecule has 0 spiro atoms. The van der Waals surface area contributed by atoms with Crippen molar-refractivity contribution in [3.63, 3.8) is 0 Å². The molecule has 0 saturated heterocycles. The molecule has 2 atom stereocenters. The van der Waals surface area contributed by atoms with Gasteiger partial charge in [0.1, 0.15) is 0 Å². The van der Waals surface area contributed by atoms with Crippen LogP contribution >= 0.6 is 12.4 Å². The molecule has 2 amide bonds. The van der Waals surface area contributed by atoms with E-state index in [0.29, 0.717) is 17.7 Å². The number of hydrogen-bond acceptors (Lipinski definition) is 3. The lowest BCUT2D eigenvalue weighted by Gasteiger charge is -2.28. The molecule has 0 aromatic heterocycles. The minimum absolute atomic E-state index is 0. The molecular formula is C17H26ClN3O2. The van der Waals surface area contributed by atoms with E-state index in [0.717, 1.165) is 31.2 Å². The average molecular weight is 340 g/mol. The zero-order chi connectivity index (χ0) is 16.1. The first-order chi connectivity index (χ1) is 10.5. The zero-order valence-corrected chi connectivity index (χ0v) is 14.5. The van der Waals surface area contributed by atoms with Gasteiger partial charge in [-0.1, -0.05) is 18.9 Å². The number of carbonyl (C=O) groups is 2. The number of hydrogen-bond donors (Lipinski definition) is 3. The molecule has 128 valence electrons. The standard InChI is InChI=1S/C17H25N3O2.ClH/c1-11-13(17(22)19-2)7-5-9-15(11)20-16(21)10-12-6-3-4-8-14(12)18;/h5,7,9,12,14H,3-4,6,8,10,18H2,1-2H3,(H,19,22)(H,20,21);1H. The Morgan fingerprint density at radius 2 is 1.96 bits per heavy atom. The summed E-state index contributed by atoms with van der Waals surface area (Å²) in [6.45, 7) is 1.84. The maximum atomic E-state index is 12.3. The molecule has 1 fully saturated rings. The van der Waals surface area contributed by atoms with Crippen molar-refractivity contribution in [2.24, 2.45) is 11.7 Å². The summed E-state index contributed by atoms with van der Waals surface area (Å²) in [6, 6.07) is 5.47. The van der Waals surface area contributed by atoms with Gasteiger partial charge in [0.15, 0.2) is 0 Å². The third-order valence-electron chi connectivity index (χ3n) is 4.50. The van der Waals surface area contributed by atoms with Crippen molar-refractivity contribution in [2.45, 2.75) is 45.1 Å². The average Bonchev–Trinajstić information content (AvgIpc) is 2.51. The maximum Gasteiger partial charge on any atom is 0.251 e. The third kappa shape index (κ3) is 4.94. The number of anilines is 1. The smallest absolute Gasteiger partial charge is 0.251 e. The van der Waals surface area contributed by atoms with Crippen LogP contribution in [0.1, 0.15) is 48.0 Å². The molecule has 1 aliphatic carbocycles. The predicted molar refractivity (Wildman–Crippen MR) is 95.0 cm³/mol. The van der Waals surface area contributed by atoms with Crippen LogP contribution in [0.4, 0.5) is 5.69 Å². The molecule has 0 bridgehead atoms. The van der Waals surface area contributed by atoms with Gasteiger partial charge >= 0.3 is 0 Å². The molecule has 1 aromatic carbocycles. The van der Waals surface area contributed by atoms with E-state index in [1.807, 2.05) is 13.0 Å². The lowest BCUT2D eigenvalue weighted by Crippen LogP contribution is -2.35. The first-order valence-corrected chi connectivity index (χ1v) is 7.90. The Labute approximate surface area is 143 Å². The van der Waals surface area contributed by atoms with Gasteiger partial charge in [-0.15, -0.1) is 12.4 Å². The van der Waals surface area contributed by atoms with Crippen molar-refractivity contribution in [3.8, 4) is 0 Å². The minimum atomic E-state index is -0.150. The van der Waals surface area contributed by atoms with Gasteiger partial charge in [0.25, 0.3) is 5.91 Å². The second-order valence-electron chi connectivity index (χ2n) is 6.02. The van der Waals surface area contributed by atoms with Crippen LogP contribution in [0.5, 0.6) is 0 Å². The molecule has 5 nitrogen and oxygen atoms in total. The van der Waals surface area contributed by atoms with E-state index in [-0.39, 0.29) is 36.2 Å². The molecule has 6 heteroatoms. The molecule has 4 N–H and O–H groups in total. The van der Waals surface area contributed by atoms with Gasteiger partial charge in [-0.2, -0.15) is 0 Å². The van der Waals surface area contributed by atoms with Crippen LogP contribution in [0.25, 0.3) is 0 Å². The van der Waals surface area contributed by atoms with Gasteiger partial charge in [0.05, 0.1) is 0 Å². The first kappa shape index (κ1) is 19.5. The maximum absolute atomic E-state index is 12.3. The topological polar surface area (TPSA) is 84.2 Å². The zero-order valence-electron chi connectivity index (χ0n) is 13.7. The predicted octanol–water partition coefficient (Wildman–Crippen LogP) is 2.62. The highest BCUT2D eigenvalue weighted by Gasteiger charge is 2.24. The summed E-state index contributed by atoms with van der Waals surface area (Å²) >= 11 is 0. The van der Waals surface area contributed by atoms with Gasteiger partial charge in [-0.05, 0) is 43.4 Å². The van der Waals surface area contributed by atoms with Crippen molar-refractivity contribution >= 4 is 29.9 Å². The van der Waals surface area contributed by atoms with E-state index in [1.54, 1.807) is 19.2 Å². The van der Waals surface area contributed by atoms with Crippen LogP contribution in [0.2, 0.25) is 0 Å². The van der Waals surface area contributed by atoms with E-state index in [1.165, 1.54) is 0 Å². The van der Waals surface area contributed by atoms with Gasteiger partial charge in [0, 0.05) is 30.8 Å². The Bertz CT molecular complexity index is 563. The van der Waals surface area contributed by atoms with Gasteiger partial charge in [0.2, 0.25) is 5.91 Å². The van der Waals surface area contributed by atoms with Crippen LogP contribution in [-0.2, 0) is 4.79 Å². The molecule has 0 aliphatic heterocycles. The highest BCUT2D eigenvalue weighted by atomic mass is 35.5. The molecule has 1 saturated carbocycles. The Morgan fingerprint density at radius 3 is 2.61 bits per heavy atom.